The zero-order chi connectivity index (χ0) is 7.72. The van der Waals surface area contributed by atoms with Crippen molar-refractivity contribution in [3.8, 4) is 0 Å². The van der Waals surface area contributed by atoms with Crippen molar-refractivity contribution in [3.63, 3.8) is 0 Å². The van der Waals surface area contributed by atoms with Gasteiger partial charge in [0.05, 0.1) is 18.2 Å². The summed E-state index contributed by atoms with van der Waals surface area (Å²) in [6.45, 7) is 0. The van der Waals surface area contributed by atoms with Crippen LogP contribution in [0.5, 0.6) is 0 Å². The third-order valence-corrected chi connectivity index (χ3v) is 1.64. The van der Waals surface area contributed by atoms with Crippen molar-refractivity contribution in [3.05, 3.63) is 12.2 Å². The summed E-state index contributed by atoms with van der Waals surface area (Å²) in [6, 6.07) is -0.778. The molecule has 4 nitrogen and oxygen atoms in total. The molecule has 0 radical (unpaired) electrons. The van der Waals surface area contributed by atoms with Gasteiger partial charge in [0.15, 0.2) is 0 Å². The second-order valence-electron chi connectivity index (χ2n) is 2.43. The zero-order valence-corrected chi connectivity index (χ0v) is 5.38. The van der Waals surface area contributed by atoms with Crippen LogP contribution in [-0.2, 0) is 0 Å². The lowest BCUT2D eigenvalue weighted by molar-refractivity contribution is -0.00627. The average Bonchev–Trinajstić information content (AvgIpc) is 1.93. The van der Waals surface area contributed by atoms with Crippen LogP contribution in [0, 0.1) is 0 Å². The maximum absolute atomic E-state index is 9.03. The van der Waals surface area contributed by atoms with Gasteiger partial charge in [-0.3, -0.25) is 0 Å². The van der Waals surface area contributed by atoms with E-state index < -0.39 is 24.4 Å². The number of aliphatic hydroxyl groups excluding tert-OH is 3. The molecule has 0 aromatic rings. The Morgan fingerprint density at radius 3 is 2.00 bits per heavy atom. The molecule has 0 bridgehead atoms. The van der Waals surface area contributed by atoms with Gasteiger partial charge in [-0.25, -0.2) is 0 Å². The van der Waals surface area contributed by atoms with Gasteiger partial charge in [0.2, 0.25) is 0 Å². The Labute approximate surface area is 58.6 Å². The van der Waals surface area contributed by atoms with E-state index in [9.17, 15) is 0 Å². The standard InChI is InChI=1S/C6H11NO3/c7-5-3(8)1-2-4(9)6(5)10/h1-6,8-10H,7H2. The summed E-state index contributed by atoms with van der Waals surface area (Å²) in [4.78, 5) is 0. The molecular formula is C6H11NO3. The van der Waals surface area contributed by atoms with E-state index in [4.69, 9.17) is 21.1 Å². The number of hydrogen-bond acceptors (Lipinski definition) is 4. The molecule has 1 aliphatic rings. The van der Waals surface area contributed by atoms with Crippen molar-refractivity contribution in [2.45, 2.75) is 24.4 Å². The van der Waals surface area contributed by atoms with Crippen LogP contribution in [0.1, 0.15) is 0 Å². The largest absolute Gasteiger partial charge is 0.388 e. The molecule has 5 N–H and O–H groups in total. The van der Waals surface area contributed by atoms with Crippen LogP contribution in [0.15, 0.2) is 12.2 Å². The normalized spacial score (nSPS) is 47.6. The summed E-state index contributed by atoms with van der Waals surface area (Å²) in [6.07, 6.45) is -0.141. The minimum absolute atomic E-state index is 0.778. The van der Waals surface area contributed by atoms with Gasteiger partial charge in [-0.2, -0.15) is 0 Å². The lowest BCUT2D eigenvalue weighted by Crippen LogP contribution is -2.51. The van der Waals surface area contributed by atoms with Gasteiger partial charge in [0.25, 0.3) is 0 Å². The van der Waals surface area contributed by atoms with E-state index >= 15 is 0 Å². The van der Waals surface area contributed by atoms with Gasteiger partial charge >= 0.3 is 0 Å². The summed E-state index contributed by atoms with van der Waals surface area (Å²) in [5.74, 6) is 0. The average molecular weight is 145 g/mol. The SMILES string of the molecule is NC1C(O)C=CC(O)C1O. The van der Waals surface area contributed by atoms with E-state index in [1.807, 2.05) is 0 Å². The Balaban J connectivity index is 2.69. The molecule has 4 heteroatoms. The summed E-state index contributed by atoms with van der Waals surface area (Å²) in [5, 5.41) is 27.0. The zero-order valence-electron chi connectivity index (χ0n) is 5.38. The number of nitrogens with two attached hydrogens (primary N) is 1. The van der Waals surface area contributed by atoms with Crippen molar-refractivity contribution < 1.29 is 15.3 Å². The Kier molecular flexibility index (Phi) is 2.05. The molecular weight excluding hydrogens is 134 g/mol. The minimum atomic E-state index is -1.06. The second kappa shape index (κ2) is 2.67. The van der Waals surface area contributed by atoms with Crippen LogP contribution in [-0.4, -0.2) is 39.7 Å². The molecule has 0 aromatic heterocycles. The molecule has 10 heavy (non-hydrogen) atoms. The van der Waals surface area contributed by atoms with Crippen LogP contribution in [0.3, 0.4) is 0 Å². The Morgan fingerprint density at radius 2 is 1.50 bits per heavy atom. The first kappa shape index (κ1) is 7.68. The minimum Gasteiger partial charge on any atom is -0.388 e. The molecule has 4 unspecified atom stereocenters. The van der Waals surface area contributed by atoms with Crippen LogP contribution >= 0.6 is 0 Å². The predicted molar refractivity (Wildman–Crippen MR) is 35.1 cm³/mol. The molecule has 58 valence electrons. The third-order valence-electron chi connectivity index (χ3n) is 1.64. The number of aliphatic hydroxyl groups is 3. The highest BCUT2D eigenvalue weighted by atomic mass is 16.3. The third kappa shape index (κ3) is 1.19. The molecule has 0 aliphatic heterocycles. The van der Waals surface area contributed by atoms with E-state index in [-0.39, 0.29) is 0 Å². The van der Waals surface area contributed by atoms with Crippen molar-refractivity contribution in [1.29, 1.82) is 0 Å². The molecule has 0 heterocycles. The fourth-order valence-corrected chi connectivity index (χ4v) is 0.900. The lowest BCUT2D eigenvalue weighted by atomic mass is 9.95. The van der Waals surface area contributed by atoms with Gasteiger partial charge in [-0.05, 0) is 0 Å². The number of hydrogen-bond donors (Lipinski definition) is 4. The van der Waals surface area contributed by atoms with Crippen LogP contribution in [0.4, 0.5) is 0 Å². The summed E-state index contributed by atoms with van der Waals surface area (Å²) in [7, 11) is 0. The second-order valence-corrected chi connectivity index (χ2v) is 2.43. The fourth-order valence-electron chi connectivity index (χ4n) is 0.900. The highest BCUT2D eigenvalue weighted by Crippen LogP contribution is 2.10. The molecule has 0 aromatic carbocycles. The van der Waals surface area contributed by atoms with Crippen molar-refractivity contribution >= 4 is 0 Å². The maximum Gasteiger partial charge on any atom is 0.101 e. The van der Waals surface area contributed by atoms with Crippen LogP contribution in [0.25, 0.3) is 0 Å². The summed E-state index contributed by atoms with van der Waals surface area (Å²) in [5.41, 5.74) is 5.30. The van der Waals surface area contributed by atoms with Crippen molar-refractivity contribution in [2.24, 2.45) is 5.73 Å². The van der Waals surface area contributed by atoms with E-state index in [1.54, 1.807) is 0 Å². The monoisotopic (exact) mass is 145 g/mol. The predicted octanol–water partition coefficient (Wildman–Crippen LogP) is -2.03. The van der Waals surface area contributed by atoms with Gasteiger partial charge < -0.3 is 21.1 Å². The molecule has 4 atom stereocenters. The first-order valence-electron chi connectivity index (χ1n) is 3.11. The number of rotatable bonds is 0. The smallest absolute Gasteiger partial charge is 0.101 e. The summed E-state index contributed by atoms with van der Waals surface area (Å²) < 4.78 is 0. The molecule has 0 saturated carbocycles. The Hall–Kier alpha value is -0.420. The molecule has 1 rings (SSSR count). The molecule has 0 spiro atoms. The molecule has 0 saturated heterocycles. The van der Waals surface area contributed by atoms with E-state index in [0.29, 0.717) is 0 Å². The quantitative estimate of drug-likeness (QED) is 0.296. The van der Waals surface area contributed by atoms with Crippen molar-refractivity contribution in [2.75, 3.05) is 0 Å². The molecule has 0 fully saturated rings. The van der Waals surface area contributed by atoms with E-state index in [0.717, 1.165) is 0 Å². The van der Waals surface area contributed by atoms with Gasteiger partial charge in [-0.1, -0.05) is 12.2 Å². The van der Waals surface area contributed by atoms with Gasteiger partial charge in [0.1, 0.15) is 6.10 Å². The van der Waals surface area contributed by atoms with Gasteiger partial charge in [-0.15, -0.1) is 0 Å². The topological polar surface area (TPSA) is 86.7 Å². The Morgan fingerprint density at radius 1 is 1.00 bits per heavy atom. The summed E-state index contributed by atoms with van der Waals surface area (Å²) >= 11 is 0. The first-order chi connectivity index (χ1) is 4.63. The molecule has 0 amide bonds. The molecule has 1 aliphatic carbocycles. The lowest BCUT2D eigenvalue weighted by Gasteiger charge is -2.28. The van der Waals surface area contributed by atoms with Crippen LogP contribution < -0.4 is 5.73 Å². The van der Waals surface area contributed by atoms with E-state index in [1.165, 1.54) is 12.2 Å². The van der Waals surface area contributed by atoms with Gasteiger partial charge in [0, 0.05) is 0 Å². The fraction of sp³-hybridized carbons (Fsp3) is 0.667. The first-order valence-corrected chi connectivity index (χ1v) is 3.11. The van der Waals surface area contributed by atoms with E-state index in [2.05, 4.69) is 0 Å². The maximum atomic E-state index is 9.03. The van der Waals surface area contributed by atoms with Crippen molar-refractivity contribution in [1.82, 2.24) is 0 Å². The highest BCUT2D eigenvalue weighted by Gasteiger charge is 2.29. The van der Waals surface area contributed by atoms with Crippen LogP contribution in [0.2, 0.25) is 0 Å². The highest BCUT2D eigenvalue weighted by molar-refractivity contribution is 5.08. The Bertz CT molecular complexity index is 132.